The molecule has 0 fully saturated rings. The zero-order valence-electron chi connectivity index (χ0n) is 10.2. The van der Waals surface area contributed by atoms with Gasteiger partial charge in [0.25, 0.3) is 0 Å². The molecule has 1 amide bonds. The van der Waals surface area contributed by atoms with Gasteiger partial charge in [0.1, 0.15) is 0 Å². The number of pyridine rings is 1. The molecule has 1 heterocycles. The summed E-state index contributed by atoms with van der Waals surface area (Å²) in [7, 11) is 1.55. The van der Waals surface area contributed by atoms with Gasteiger partial charge >= 0.3 is 0 Å². The molecular formula is C12H19N3O2. The van der Waals surface area contributed by atoms with Gasteiger partial charge < -0.3 is 15.8 Å². The summed E-state index contributed by atoms with van der Waals surface area (Å²) in [5.41, 5.74) is 6.43. The summed E-state index contributed by atoms with van der Waals surface area (Å²) >= 11 is 0. The molecule has 5 nitrogen and oxygen atoms in total. The number of ether oxygens (including phenoxy) is 1. The van der Waals surface area contributed by atoms with Crippen molar-refractivity contribution in [3.63, 3.8) is 0 Å². The van der Waals surface area contributed by atoms with Crippen molar-refractivity contribution >= 4 is 5.91 Å². The first-order chi connectivity index (χ1) is 8.17. The quantitative estimate of drug-likeness (QED) is 0.760. The molecule has 0 radical (unpaired) electrons. The van der Waals surface area contributed by atoms with Crippen LogP contribution in [0.15, 0.2) is 24.5 Å². The predicted octanol–water partition coefficient (Wildman–Crippen LogP) is 0.623. The number of hydrogen-bond acceptors (Lipinski definition) is 4. The molecule has 2 atom stereocenters. The minimum Gasteiger partial charge on any atom is -0.380 e. The van der Waals surface area contributed by atoms with Gasteiger partial charge in [-0.15, -0.1) is 0 Å². The van der Waals surface area contributed by atoms with E-state index in [0.29, 0.717) is 6.54 Å². The molecule has 1 rings (SSSR count). The van der Waals surface area contributed by atoms with Gasteiger partial charge in [-0.05, 0) is 18.6 Å². The van der Waals surface area contributed by atoms with Crippen LogP contribution >= 0.6 is 0 Å². The fraction of sp³-hybridized carbons (Fsp3) is 0.500. The first-order valence-electron chi connectivity index (χ1n) is 5.59. The van der Waals surface area contributed by atoms with Crippen molar-refractivity contribution in [3.05, 3.63) is 30.1 Å². The molecule has 0 spiro atoms. The average Bonchev–Trinajstić information content (AvgIpc) is 2.37. The Balaban J connectivity index is 2.46. The van der Waals surface area contributed by atoms with Crippen LogP contribution in [0.25, 0.3) is 0 Å². The van der Waals surface area contributed by atoms with Gasteiger partial charge in [0.05, 0.1) is 18.6 Å². The molecule has 0 saturated carbocycles. The van der Waals surface area contributed by atoms with Gasteiger partial charge in [-0.3, -0.25) is 9.78 Å². The van der Waals surface area contributed by atoms with E-state index in [2.05, 4.69) is 10.3 Å². The molecular weight excluding hydrogens is 218 g/mol. The molecule has 0 bridgehead atoms. The summed E-state index contributed by atoms with van der Waals surface area (Å²) in [6, 6.07) is 3.70. The third-order valence-corrected chi connectivity index (χ3v) is 2.57. The first kappa shape index (κ1) is 13.6. The van der Waals surface area contributed by atoms with Gasteiger partial charge in [-0.1, -0.05) is 6.07 Å². The summed E-state index contributed by atoms with van der Waals surface area (Å²) in [4.78, 5) is 15.7. The third kappa shape index (κ3) is 4.50. The number of amides is 1. The van der Waals surface area contributed by atoms with E-state index < -0.39 is 0 Å². The summed E-state index contributed by atoms with van der Waals surface area (Å²) in [5, 5.41) is 2.88. The third-order valence-electron chi connectivity index (χ3n) is 2.57. The van der Waals surface area contributed by atoms with Crippen molar-refractivity contribution in [2.45, 2.75) is 25.5 Å². The number of carbonyl (C=O) groups excluding carboxylic acids is 1. The molecule has 0 aliphatic carbocycles. The molecule has 1 aromatic heterocycles. The van der Waals surface area contributed by atoms with E-state index in [1.807, 2.05) is 19.1 Å². The molecule has 17 heavy (non-hydrogen) atoms. The Kier molecular flexibility index (Phi) is 5.59. The Morgan fingerprint density at radius 3 is 2.94 bits per heavy atom. The Labute approximate surface area is 101 Å². The second-order valence-corrected chi connectivity index (χ2v) is 3.87. The molecule has 0 aromatic carbocycles. The zero-order chi connectivity index (χ0) is 12.7. The fourth-order valence-electron chi connectivity index (χ4n) is 1.49. The Morgan fingerprint density at radius 2 is 2.41 bits per heavy atom. The first-order valence-corrected chi connectivity index (χ1v) is 5.59. The van der Waals surface area contributed by atoms with E-state index >= 15 is 0 Å². The highest BCUT2D eigenvalue weighted by Gasteiger charge is 2.14. The lowest BCUT2D eigenvalue weighted by atomic mass is 10.1. The predicted molar refractivity (Wildman–Crippen MR) is 65.3 cm³/mol. The average molecular weight is 237 g/mol. The molecule has 1 unspecified atom stereocenters. The maximum Gasteiger partial charge on any atom is 0.223 e. The highest BCUT2D eigenvalue weighted by atomic mass is 16.5. The van der Waals surface area contributed by atoms with Crippen molar-refractivity contribution in [1.29, 1.82) is 0 Å². The van der Waals surface area contributed by atoms with Crippen molar-refractivity contribution in [3.8, 4) is 0 Å². The lowest BCUT2D eigenvalue weighted by Crippen LogP contribution is -2.33. The standard InChI is InChI=1S/C12H19N3O2/c1-9(10-4-3-5-14-8-10)15-12(16)6-11(7-13)17-2/h3-5,8-9,11H,6-7,13H2,1-2H3,(H,15,16)/t9-,11?/m0/s1. The summed E-state index contributed by atoms with van der Waals surface area (Å²) in [6.07, 6.45) is 3.49. The van der Waals surface area contributed by atoms with Gasteiger partial charge in [0.15, 0.2) is 0 Å². The SMILES string of the molecule is COC(CN)CC(=O)N[C@@H](C)c1cccnc1. The summed E-state index contributed by atoms with van der Waals surface area (Å²) in [5.74, 6) is -0.0707. The largest absolute Gasteiger partial charge is 0.380 e. The van der Waals surface area contributed by atoms with Gasteiger partial charge in [0, 0.05) is 26.0 Å². The van der Waals surface area contributed by atoms with Crippen LogP contribution in [-0.2, 0) is 9.53 Å². The van der Waals surface area contributed by atoms with E-state index in [-0.39, 0.29) is 24.5 Å². The Hall–Kier alpha value is -1.46. The highest BCUT2D eigenvalue weighted by molar-refractivity contribution is 5.76. The number of methoxy groups -OCH3 is 1. The van der Waals surface area contributed by atoms with Crippen LogP contribution in [0.4, 0.5) is 0 Å². The maximum absolute atomic E-state index is 11.7. The van der Waals surface area contributed by atoms with Crippen LogP contribution in [-0.4, -0.2) is 30.6 Å². The molecule has 3 N–H and O–H groups in total. The van der Waals surface area contributed by atoms with Crippen LogP contribution in [0.3, 0.4) is 0 Å². The maximum atomic E-state index is 11.7. The Morgan fingerprint density at radius 1 is 1.65 bits per heavy atom. The Bertz CT molecular complexity index is 339. The number of rotatable bonds is 6. The topological polar surface area (TPSA) is 77.2 Å². The highest BCUT2D eigenvalue weighted by Crippen LogP contribution is 2.10. The number of nitrogens with one attached hydrogen (secondary N) is 1. The van der Waals surface area contributed by atoms with Crippen molar-refractivity contribution in [2.75, 3.05) is 13.7 Å². The number of nitrogens with two attached hydrogens (primary N) is 1. The lowest BCUT2D eigenvalue weighted by molar-refractivity contribution is -0.124. The van der Waals surface area contributed by atoms with E-state index in [0.717, 1.165) is 5.56 Å². The minimum absolute atomic E-state index is 0.0634. The van der Waals surface area contributed by atoms with Crippen LogP contribution < -0.4 is 11.1 Å². The van der Waals surface area contributed by atoms with Crippen molar-refractivity contribution in [2.24, 2.45) is 5.73 Å². The van der Waals surface area contributed by atoms with E-state index in [4.69, 9.17) is 10.5 Å². The van der Waals surface area contributed by atoms with E-state index in [9.17, 15) is 4.79 Å². The molecule has 0 aliphatic heterocycles. The normalized spacial score (nSPS) is 14.1. The number of nitrogens with zero attached hydrogens (tertiary/aromatic N) is 1. The van der Waals surface area contributed by atoms with Crippen molar-refractivity contribution < 1.29 is 9.53 Å². The van der Waals surface area contributed by atoms with Crippen LogP contribution in [0.5, 0.6) is 0 Å². The molecule has 0 saturated heterocycles. The van der Waals surface area contributed by atoms with E-state index in [1.54, 1.807) is 19.5 Å². The van der Waals surface area contributed by atoms with Gasteiger partial charge in [-0.25, -0.2) is 0 Å². The summed E-state index contributed by atoms with van der Waals surface area (Å²) in [6.45, 7) is 2.25. The van der Waals surface area contributed by atoms with Gasteiger partial charge in [0.2, 0.25) is 5.91 Å². The zero-order valence-corrected chi connectivity index (χ0v) is 10.2. The van der Waals surface area contributed by atoms with Crippen molar-refractivity contribution in [1.82, 2.24) is 10.3 Å². The number of carbonyl (C=O) groups is 1. The van der Waals surface area contributed by atoms with Crippen LogP contribution in [0.1, 0.15) is 24.9 Å². The number of hydrogen-bond donors (Lipinski definition) is 2. The van der Waals surface area contributed by atoms with E-state index in [1.165, 1.54) is 0 Å². The molecule has 1 aromatic rings. The minimum atomic E-state index is -0.226. The fourth-order valence-corrected chi connectivity index (χ4v) is 1.49. The second-order valence-electron chi connectivity index (χ2n) is 3.87. The second kappa shape index (κ2) is 6.98. The molecule has 5 heteroatoms. The number of aromatic nitrogens is 1. The smallest absolute Gasteiger partial charge is 0.223 e. The molecule has 94 valence electrons. The monoisotopic (exact) mass is 237 g/mol. The lowest BCUT2D eigenvalue weighted by Gasteiger charge is -2.16. The molecule has 0 aliphatic rings. The summed E-state index contributed by atoms with van der Waals surface area (Å²) < 4.78 is 5.06. The van der Waals surface area contributed by atoms with Gasteiger partial charge in [-0.2, -0.15) is 0 Å². The van der Waals surface area contributed by atoms with Crippen LogP contribution in [0, 0.1) is 0 Å². The van der Waals surface area contributed by atoms with Crippen LogP contribution in [0.2, 0.25) is 0 Å².